The number of rotatable bonds is 4. The van der Waals surface area contributed by atoms with Crippen molar-refractivity contribution in [1.29, 1.82) is 0 Å². The molecular formula is C50H44N6+2. The van der Waals surface area contributed by atoms with E-state index in [1.807, 2.05) is 128 Å². The lowest BCUT2D eigenvalue weighted by Crippen LogP contribution is -2.30. The van der Waals surface area contributed by atoms with Crippen molar-refractivity contribution in [2.45, 2.75) is 27.6 Å². The number of para-hydroxylation sites is 5. The lowest BCUT2D eigenvalue weighted by Gasteiger charge is -2.09. The summed E-state index contributed by atoms with van der Waals surface area (Å²) in [6, 6.07) is 49.5. The van der Waals surface area contributed by atoms with Gasteiger partial charge in [0.25, 0.3) is 11.6 Å². The van der Waals surface area contributed by atoms with Gasteiger partial charge in [0.2, 0.25) is 0 Å². The zero-order chi connectivity index (χ0) is 43.5. The van der Waals surface area contributed by atoms with Gasteiger partial charge in [-0.05, 0) is 111 Å². The smallest absolute Gasteiger partial charge is 0.256 e. The van der Waals surface area contributed by atoms with Crippen molar-refractivity contribution in [3.8, 4) is 34.2 Å². The first kappa shape index (κ1) is 28.5. The Balaban J connectivity index is 0.000000158. The van der Waals surface area contributed by atoms with Crippen molar-refractivity contribution in [2.75, 3.05) is 0 Å². The molecule has 10 aromatic rings. The molecule has 0 saturated carbocycles. The van der Waals surface area contributed by atoms with E-state index in [4.69, 9.17) is 8.22 Å². The molecule has 4 heterocycles. The van der Waals surface area contributed by atoms with Crippen molar-refractivity contribution in [1.82, 2.24) is 19.1 Å². The van der Waals surface area contributed by atoms with Gasteiger partial charge in [0.1, 0.15) is 5.69 Å². The van der Waals surface area contributed by atoms with Crippen LogP contribution >= 0.6 is 0 Å². The molecule has 0 amide bonds. The average Bonchev–Trinajstić information content (AvgIpc) is 3.72. The number of aryl methyl sites for hydroxylation is 6. The fraction of sp³-hybridized carbons (Fsp3) is 0.120. The minimum absolute atomic E-state index is 0.0994. The van der Waals surface area contributed by atoms with E-state index >= 15 is 0 Å². The van der Waals surface area contributed by atoms with E-state index in [-0.39, 0.29) is 11.3 Å². The fourth-order valence-electron chi connectivity index (χ4n) is 7.94. The van der Waals surface area contributed by atoms with Crippen LogP contribution < -0.4 is 9.13 Å². The molecule has 6 heteroatoms. The van der Waals surface area contributed by atoms with Gasteiger partial charge >= 0.3 is 0 Å². The second-order valence-electron chi connectivity index (χ2n) is 14.2. The second kappa shape index (κ2) is 14.1. The van der Waals surface area contributed by atoms with Crippen LogP contribution in [0.2, 0.25) is 0 Å². The van der Waals surface area contributed by atoms with Gasteiger partial charge in [-0.1, -0.05) is 84.9 Å². The van der Waals surface area contributed by atoms with E-state index in [0.717, 1.165) is 66.7 Å². The summed E-state index contributed by atoms with van der Waals surface area (Å²) in [5, 5.41) is 1.81. The van der Waals surface area contributed by atoms with Crippen LogP contribution in [-0.4, -0.2) is 19.1 Å². The first-order valence-corrected chi connectivity index (χ1v) is 18.6. The lowest BCUT2D eigenvalue weighted by molar-refractivity contribution is -0.634. The third-order valence-corrected chi connectivity index (χ3v) is 10.7. The summed E-state index contributed by atoms with van der Waals surface area (Å²) in [4.78, 5) is 8.99. The molecule has 0 unspecified atom stereocenters. The van der Waals surface area contributed by atoms with Gasteiger partial charge in [-0.3, -0.25) is 4.98 Å². The number of aromatic nitrogens is 6. The van der Waals surface area contributed by atoms with Crippen LogP contribution in [0.4, 0.5) is 0 Å². The molecule has 0 atom stereocenters. The average molecular weight is 735 g/mol. The summed E-state index contributed by atoms with van der Waals surface area (Å²) in [5.74, 6) is 1.86. The Bertz CT molecular complexity index is 3120. The van der Waals surface area contributed by atoms with E-state index in [2.05, 4.69) is 73.9 Å². The highest BCUT2D eigenvalue weighted by Gasteiger charge is 2.29. The molecular weight excluding hydrogens is 685 g/mol. The predicted molar refractivity (Wildman–Crippen MR) is 229 cm³/mol. The van der Waals surface area contributed by atoms with E-state index < -0.39 is 13.7 Å². The Morgan fingerprint density at radius 3 is 1.64 bits per heavy atom. The molecule has 0 spiro atoms. The molecule has 6 aromatic carbocycles. The van der Waals surface area contributed by atoms with E-state index in [1.165, 1.54) is 0 Å². The molecule has 0 radical (unpaired) electrons. The highest BCUT2D eigenvalue weighted by Crippen LogP contribution is 2.33. The highest BCUT2D eigenvalue weighted by atomic mass is 15.2. The van der Waals surface area contributed by atoms with Gasteiger partial charge < -0.3 is 0 Å². The maximum absolute atomic E-state index is 8.26. The molecule has 0 aliphatic rings. The van der Waals surface area contributed by atoms with Gasteiger partial charge in [-0.25, -0.2) is 14.1 Å². The van der Waals surface area contributed by atoms with E-state index in [0.29, 0.717) is 22.4 Å². The quantitative estimate of drug-likeness (QED) is 0.169. The topological polar surface area (TPSA) is 43.4 Å². The molecule has 0 bridgehead atoms. The summed E-state index contributed by atoms with van der Waals surface area (Å²) in [6.45, 7) is -0.493. The van der Waals surface area contributed by atoms with Crippen LogP contribution in [0, 0.1) is 27.6 Å². The summed E-state index contributed by atoms with van der Waals surface area (Å²) < 4.78 is 57.8. The number of hydrogen-bond acceptors (Lipinski definition) is 2. The van der Waals surface area contributed by atoms with Crippen LogP contribution in [0.1, 0.15) is 30.6 Å². The molecule has 0 saturated heterocycles. The predicted octanol–water partition coefficient (Wildman–Crippen LogP) is 10.6. The minimum Gasteiger partial charge on any atom is -0.256 e. The van der Waals surface area contributed by atoms with Crippen molar-refractivity contribution in [2.24, 2.45) is 14.1 Å². The SMILES string of the molecule is [2H]C([2H])([2H])c1cc2ncccc2cc1-n1c(-c2ccccc2C)[n+](C)c2ccccc21.[2H]C([2H])([2H])c1nc2ccccc2cc1-n1c(-c2ccccc2C)[n+](C)c2ccccc21. The number of pyridine rings is 2. The number of fused-ring (bicyclic) bond motifs is 4. The lowest BCUT2D eigenvalue weighted by atomic mass is 10.1. The largest absolute Gasteiger partial charge is 0.295 e. The normalized spacial score (nSPS) is 13.4. The maximum atomic E-state index is 8.26. The third-order valence-electron chi connectivity index (χ3n) is 10.7. The summed E-state index contributed by atoms with van der Waals surface area (Å²) >= 11 is 0. The van der Waals surface area contributed by atoms with Gasteiger partial charge in [0.05, 0.1) is 41.9 Å². The van der Waals surface area contributed by atoms with Crippen molar-refractivity contribution in [3.63, 3.8) is 0 Å². The number of nitrogens with zero attached hydrogens (tertiary/aromatic N) is 6. The summed E-state index contributed by atoms with van der Waals surface area (Å²) in [6.07, 6.45) is 1.69. The van der Waals surface area contributed by atoms with Crippen molar-refractivity contribution in [3.05, 3.63) is 180 Å². The molecule has 0 aliphatic carbocycles. The van der Waals surface area contributed by atoms with Gasteiger partial charge in [0, 0.05) is 25.2 Å². The number of hydrogen-bond donors (Lipinski definition) is 0. The minimum atomic E-state index is -2.35. The van der Waals surface area contributed by atoms with Crippen molar-refractivity contribution >= 4 is 43.9 Å². The van der Waals surface area contributed by atoms with Crippen LogP contribution in [0.5, 0.6) is 0 Å². The van der Waals surface area contributed by atoms with Gasteiger partial charge in [-0.2, -0.15) is 9.13 Å². The summed E-state index contributed by atoms with van der Waals surface area (Å²) in [5.41, 5.74) is 11.3. The fourth-order valence-corrected chi connectivity index (χ4v) is 7.94. The van der Waals surface area contributed by atoms with Crippen LogP contribution in [0.25, 0.3) is 78.0 Å². The third kappa shape index (κ3) is 5.82. The molecule has 10 rings (SSSR count). The highest BCUT2D eigenvalue weighted by molar-refractivity contribution is 5.87. The van der Waals surface area contributed by atoms with Crippen LogP contribution in [0.3, 0.4) is 0 Å². The molecule has 272 valence electrons. The Kier molecular flexibility index (Phi) is 7.16. The van der Waals surface area contributed by atoms with E-state index in [1.54, 1.807) is 12.3 Å². The standard InChI is InChI=1S/2C25H22N3/c1-17-10-4-6-12-20(17)25-27(3)22-14-8-9-15-23(22)28(25)24-16-19-11-5-7-13-21(19)26-18(24)2;1-17-9-4-5-11-20(17)25-27(3)22-12-6-7-13-23(22)28(25)24-16-19-10-8-14-26-21(19)15-18(24)2/h2*4-16H,1-3H3/q2*+1/i2*2D3. The molecule has 0 aliphatic heterocycles. The van der Waals surface area contributed by atoms with Gasteiger partial charge in [0.15, 0.2) is 27.8 Å². The Hall–Kier alpha value is -6.92. The molecule has 4 aromatic heterocycles. The zero-order valence-corrected chi connectivity index (χ0v) is 31.7. The Morgan fingerprint density at radius 1 is 0.500 bits per heavy atom. The second-order valence-corrected chi connectivity index (χ2v) is 14.2. The first-order chi connectivity index (χ1) is 29.7. The summed E-state index contributed by atoms with van der Waals surface area (Å²) in [7, 11) is 4.04. The van der Waals surface area contributed by atoms with Gasteiger partial charge in [-0.15, -0.1) is 0 Å². The Morgan fingerprint density at radius 2 is 1.02 bits per heavy atom. The van der Waals surface area contributed by atoms with Crippen molar-refractivity contribution < 1.29 is 17.4 Å². The molecule has 56 heavy (non-hydrogen) atoms. The van der Waals surface area contributed by atoms with E-state index in [9.17, 15) is 0 Å². The maximum Gasteiger partial charge on any atom is 0.295 e. The number of benzene rings is 6. The Labute approximate surface area is 335 Å². The molecule has 0 N–H and O–H groups in total. The van der Waals surface area contributed by atoms with Crippen LogP contribution in [0.15, 0.2) is 158 Å². The monoisotopic (exact) mass is 734 g/mol. The van der Waals surface area contributed by atoms with Crippen LogP contribution in [-0.2, 0) is 14.1 Å². The number of imidazole rings is 2. The zero-order valence-electron chi connectivity index (χ0n) is 37.7. The first-order valence-electron chi connectivity index (χ1n) is 21.6. The molecule has 0 fully saturated rings. The molecule has 6 nitrogen and oxygen atoms in total.